The molecule has 3 aromatic carbocycles. The maximum atomic E-state index is 13.7. The Balaban J connectivity index is 1.41. The summed E-state index contributed by atoms with van der Waals surface area (Å²) < 4.78 is 13.0. The summed E-state index contributed by atoms with van der Waals surface area (Å²) in [5, 5.41) is 0. The van der Waals surface area contributed by atoms with E-state index in [9.17, 15) is 4.79 Å². The van der Waals surface area contributed by atoms with Gasteiger partial charge in [0, 0.05) is 43.4 Å². The number of imidazole rings is 1. The summed E-state index contributed by atoms with van der Waals surface area (Å²) in [6.45, 7) is 2.14. The Kier molecular flexibility index (Phi) is 7.03. The quantitative estimate of drug-likeness (QED) is 0.321. The number of benzene rings is 3. The number of aryl methyl sites for hydroxylation is 2. The van der Waals surface area contributed by atoms with Crippen LogP contribution in [0.5, 0.6) is 11.5 Å². The van der Waals surface area contributed by atoms with Crippen LogP contribution in [-0.4, -0.2) is 41.1 Å². The van der Waals surface area contributed by atoms with Crippen LogP contribution in [0.1, 0.15) is 33.7 Å². The van der Waals surface area contributed by atoms with E-state index in [4.69, 9.17) is 14.5 Å². The molecule has 0 N–H and O–H groups in total. The molecule has 4 aromatic rings. The fourth-order valence-electron chi connectivity index (χ4n) is 4.76. The van der Waals surface area contributed by atoms with Gasteiger partial charge < -0.3 is 18.9 Å². The molecule has 0 radical (unpaired) electrons. The number of hydrogen-bond acceptors (Lipinski definition) is 4. The second-order valence-electron chi connectivity index (χ2n) is 9.07. The third-order valence-corrected chi connectivity index (χ3v) is 6.69. The second kappa shape index (κ2) is 10.7. The van der Waals surface area contributed by atoms with Crippen molar-refractivity contribution in [1.82, 2.24) is 14.5 Å². The van der Waals surface area contributed by atoms with Crippen LogP contribution in [-0.2, 0) is 25.9 Å². The third kappa shape index (κ3) is 5.13. The van der Waals surface area contributed by atoms with E-state index < -0.39 is 0 Å². The number of carbonyl (C=O) groups excluding carboxylic acids is 1. The Hall–Kier alpha value is -4.06. The molecule has 1 aliphatic rings. The molecular weight excluding hydrogens is 450 g/mol. The van der Waals surface area contributed by atoms with Crippen molar-refractivity contribution < 1.29 is 14.3 Å². The fourth-order valence-corrected chi connectivity index (χ4v) is 4.76. The van der Waals surface area contributed by atoms with Gasteiger partial charge in [-0.2, -0.15) is 0 Å². The minimum absolute atomic E-state index is 0.0433. The van der Waals surface area contributed by atoms with Crippen molar-refractivity contribution in [3.8, 4) is 22.8 Å². The SMILES string of the molecule is COc1ccc(C(=O)N(CCc2ccccc2)Cc2cccc(-c3cn4c(n3)CCC4)c2)cc1OC. The first-order valence-electron chi connectivity index (χ1n) is 12.3. The van der Waals surface area contributed by atoms with Gasteiger partial charge in [0.05, 0.1) is 19.9 Å². The molecule has 0 saturated heterocycles. The summed E-state index contributed by atoms with van der Waals surface area (Å²) in [6.07, 6.45) is 5.11. The van der Waals surface area contributed by atoms with Crippen molar-refractivity contribution in [3.05, 3.63) is 102 Å². The van der Waals surface area contributed by atoms with Gasteiger partial charge in [0.25, 0.3) is 5.91 Å². The van der Waals surface area contributed by atoms with Crippen molar-refractivity contribution >= 4 is 5.91 Å². The molecule has 0 bridgehead atoms. The lowest BCUT2D eigenvalue weighted by molar-refractivity contribution is 0.0744. The molecule has 0 atom stereocenters. The van der Waals surface area contributed by atoms with Crippen LogP contribution >= 0.6 is 0 Å². The smallest absolute Gasteiger partial charge is 0.254 e. The molecule has 0 fully saturated rings. The van der Waals surface area contributed by atoms with Crippen LogP contribution in [0.15, 0.2) is 79.0 Å². The molecule has 0 unspecified atom stereocenters. The molecule has 5 rings (SSSR count). The van der Waals surface area contributed by atoms with Gasteiger partial charge in [-0.1, -0.05) is 48.5 Å². The molecule has 184 valence electrons. The number of aromatic nitrogens is 2. The minimum Gasteiger partial charge on any atom is -0.493 e. The number of hydrogen-bond donors (Lipinski definition) is 0. The van der Waals surface area contributed by atoms with Crippen molar-refractivity contribution in [2.45, 2.75) is 32.4 Å². The van der Waals surface area contributed by atoms with Gasteiger partial charge in [-0.25, -0.2) is 4.98 Å². The largest absolute Gasteiger partial charge is 0.493 e. The fraction of sp³-hybridized carbons (Fsp3) is 0.267. The zero-order chi connectivity index (χ0) is 24.9. The molecule has 0 spiro atoms. The molecule has 0 saturated carbocycles. The number of amides is 1. The van der Waals surface area contributed by atoms with Gasteiger partial charge in [0.1, 0.15) is 5.82 Å². The minimum atomic E-state index is -0.0433. The Bertz CT molecular complexity index is 1330. The maximum Gasteiger partial charge on any atom is 0.254 e. The van der Waals surface area contributed by atoms with Gasteiger partial charge in [0.15, 0.2) is 11.5 Å². The van der Waals surface area contributed by atoms with E-state index in [1.54, 1.807) is 32.4 Å². The van der Waals surface area contributed by atoms with Gasteiger partial charge in [-0.3, -0.25) is 4.79 Å². The zero-order valence-corrected chi connectivity index (χ0v) is 20.8. The molecule has 6 heteroatoms. The first-order chi connectivity index (χ1) is 17.6. The second-order valence-corrected chi connectivity index (χ2v) is 9.07. The number of carbonyl (C=O) groups is 1. The van der Waals surface area contributed by atoms with E-state index in [1.165, 1.54) is 5.56 Å². The molecular formula is C30H31N3O3. The number of rotatable bonds is 9. The Morgan fingerprint density at radius 2 is 1.75 bits per heavy atom. The van der Waals surface area contributed by atoms with Gasteiger partial charge in [-0.05, 0) is 48.2 Å². The molecule has 1 aromatic heterocycles. The van der Waals surface area contributed by atoms with Gasteiger partial charge in [-0.15, -0.1) is 0 Å². The topological polar surface area (TPSA) is 56.6 Å². The van der Waals surface area contributed by atoms with E-state index in [0.29, 0.717) is 30.2 Å². The van der Waals surface area contributed by atoms with Crippen molar-refractivity contribution in [3.63, 3.8) is 0 Å². The highest BCUT2D eigenvalue weighted by Crippen LogP contribution is 2.29. The highest BCUT2D eigenvalue weighted by molar-refractivity contribution is 5.95. The number of ether oxygens (including phenoxy) is 2. The molecule has 36 heavy (non-hydrogen) atoms. The monoisotopic (exact) mass is 481 g/mol. The standard InChI is InChI=1S/C30H31N3O3/c1-35-27-14-13-25(19-28(27)36-2)30(34)33(17-15-22-8-4-3-5-9-22)20-23-10-6-11-24(18-23)26-21-32-16-7-12-29(32)31-26/h3-6,8-11,13-14,18-19,21H,7,12,15-17,20H2,1-2H3. The molecule has 1 aliphatic heterocycles. The highest BCUT2D eigenvalue weighted by atomic mass is 16.5. The van der Waals surface area contributed by atoms with Gasteiger partial charge in [0.2, 0.25) is 0 Å². The van der Waals surface area contributed by atoms with Crippen LogP contribution in [0.4, 0.5) is 0 Å². The lowest BCUT2D eigenvalue weighted by Crippen LogP contribution is -2.32. The summed E-state index contributed by atoms with van der Waals surface area (Å²) >= 11 is 0. The summed E-state index contributed by atoms with van der Waals surface area (Å²) in [7, 11) is 3.17. The third-order valence-electron chi connectivity index (χ3n) is 6.69. The van der Waals surface area contributed by atoms with Crippen molar-refractivity contribution in [2.75, 3.05) is 20.8 Å². The Morgan fingerprint density at radius 1 is 0.944 bits per heavy atom. The van der Waals surface area contributed by atoms with Crippen LogP contribution in [0.3, 0.4) is 0 Å². The highest BCUT2D eigenvalue weighted by Gasteiger charge is 2.20. The summed E-state index contributed by atoms with van der Waals surface area (Å²) in [5.41, 5.74) is 4.92. The first kappa shape index (κ1) is 23.7. The van der Waals surface area contributed by atoms with Crippen LogP contribution in [0.25, 0.3) is 11.3 Å². The van der Waals surface area contributed by atoms with Crippen LogP contribution < -0.4 is 9.47 Å². The average Bonchev–Trinajstić information content (AvgIpc) is 3.54. The first-order valence-corrected chi connectivity index (χ1v) is 12.3. The molecule has 0 aliphatic carbocycles. The predicted molar refractivity (Wildman–Crippen MR) is 140 cm³/mol. The van der Waals surface area contributed by atoms with E-state index in [0.717, 1.165) is 48.5 Å². The summed E-state index contributed by atoms with van der Waals surface area (Å²) in [6, 6.07) is 23.9. The number of fused-ring (bicyclic) bond motifs is 1. The lowest BCUT2D eigenvalue weighted by atomic mass is 10.1. The molecule has 6 nitrogen and oxygen atoms in total. The number of methoxy groups -OCH3 is 2. The summed E-state index contributed by atoms with van der Waals surface area (Å²) in [4.78, 5) is 20.4. The normalized spacial score (nSPS) is 12.3. The van der Waals surface area contributed by atoms with Crippen LogP contribution in [0.2, 0.25) is 0 Å². The van der Waals surface area contributed by atoms with Gasteiger partial charge >= 0.3 is 0 Å². The lowest BCUT2D eigenvalue weighted by Gasteiger charge is -2.24. The predicted octanol–water partition coefficient (Wildman–Crippen LogP) is 5.40. The van der Waals surface area contributed by atoms with Crippen molar-refractivity contribution in [1.29, 1.82) is 0 Å². The Labute approximate surface area is 212 Å². The number of nitrogens with zero attached hydrogens (tertiary/aromatic N) is 3. The maximum absolute atomic E-state index is 13.7. The zero-order valence-electron chi connectivity index (χ0n) is 20.8. The van der Waals surface area contributed by atoms with Crippen LogP contribution in [0, 0.1) is 0 Å². The van der Waals surface area contributed by atoms with E-state index in [1.807, 2.05) is 29.2 Å². The summed E-state index contributed by atoms with van der Waals surface area (Å²) in [5.74, 6) is 2.26. The Morgan fingerprint density at radius 3 is 2.53 bits per heavy atom. The molecule has 2 heterocycles. The van der Waals surface area contributed by atoms with E-state index >= 15 is 0 Å². The average molecular weight is 482 g/mol. The molecule has 1 amide bonds. The van der Waals surface area contributed by atoms with Crippen molar-refractivity contribution in [2.24, 2.45) is 0 Å². The van der Waals surface area contributed by atoms with E-state index in [-0.39, 0.29) is 5.91 Å². The van der Waals surface area contributed by atoms with E-state index in [2.05, 4.69) is 41.1 Å².